The lowest BCUT2D eigenvalue weighted by Crippen LogP contribution is -2.09. The molecular weight excluding hydrogens is 170 g/mol. The Morgan fingerprint density at radius 2 is 2.14 bits per heavy atom. The van der Waals surface area contributed by atoms with Crippen LogP contribution in [0.15, 0.2) is 23.8 Å². The van der Waals surface area contributed by atoms with E-state index in [1.807, 2.05) is 13.8 Å². The topological polar surface area (TPSA) is 12.0 Å². The summed E-state index contributed by atoms with van der Waals surface area (Å²) in [5.41, 5.74) is 1.50. The van der Waals surface area contributed by atoms with E-state index < -0.39 is 0 Å². The molecule has 1 heteroatoms. The normalized spacial score (nSPS) is 22.3. The van der Waals surface area contributed by atoms with Gasteiger partial charge < -0.3 is 5.32 Å². The quantitative estimate of drug-likeness (QED) is 0.679. The second-order valence-electron chi connectivity index (χ2n) is 3.29. The SMILES string of the molecule is C/C=C(\C=C/CC)C1CCNC1.CC. The van der Waals surface area contributed by atoms with Crippen LogP contribution in [0.25, 0.3) is 0 Å². The summed E-state index contributed by atoms with van der Waals surface area (Å²) >= 11 is 0. The van der Waals surface area contributed by atoms with E-state index in [0.29, 0.717) is 0 Å². The molecule has 0 spiro atoms. The Morgan fingerprint density at radius 3 is 2.57 bits per heavy atom. The van der Waals surface area contributed by atoms with E-state index in [1.54, 1.807) is 0 Å². The summed E-state index contributed by atoms with van der Waals surface area (Å²) in [6.07, 6.45) is 9.19. The van der Waals surface area contributed by atoms with Crippen molar-refractivity contribution >= 4 is 0 Å². The van der Waals surface area contributed by atoms with Crippen molar-refractivity contribution in [3.63, 3.8) is 0 Å². The van der Waals surface area contributed by atoms with Crippen LogP contribution in [0.5, 0.6) is 0 Å². The van der Waals surface area contributed by atoms with E-state index in [-0.39, 0.29) is 0 Å². The molecule has 1 N–H and O–H groups in total. The van der Waals surface area contributed by atoms with Crippen LogP contribution in [0.3, 0.4) is 0 Å². The Balaban J connectivity index is 0.000000791. The maximum atomic E-state index is 3.39. The molecule has 0 aromatic rings. The van der Waals surface area contributed by atoms with E-state index >= 15 is 0 Å². The highest BCUT2D eigenvalue weighted by molar-refractivity contribution is 5.22. The molecule has 1 heterocycles. The van der Waals surface area contributed by atoms with Crippen molar-refractivity contribution in [2.45, 2.75) is 40.5 Å². The van der Waals surface area contributed by atoms with Crippen LogP contribution in [-0.4, -0.2) is 13.1 Å². The van der Waals surface area contributed by atoms with Crippen molar-refractivity contribution in [2.24, 2.45) is 5.92 Å². The molecule has 1 fully saturated rings. The summed E-state index contributed by atoms with van der Waals surface area (Å²) in [6, 6.07) is 0. The first kappa shape index (κ1) is 13.4. The number of allylic oxidation sites excluding steroid dienone is 3. The van der Waals surface area contributed by atoms with E-state index in [0.717, 1.165) is 18.9 Å². The Bertz CT molecular complexity index is 174. The van der Waals surface area contributed by atoms with Gasteiger partial charge in [0.05, 0.1) is 0 Å². The number of hydrogen-bond acceptors (Lipinski definition) is 1. The van der Waals surface area contributed by atoms with Gasteiger partial charge in [-0.1, -0.05) is 39.0 Å². The molecular formula is C13H25N. The maximum absolute atomic E-state index is 3.39. The fraction of sp³-hybridized carbons (Fsp3) is 0.692. The van der Waals surface area contributed by atoms with Gasteiger partial charge in [0.25, 0.3) is 0 Å². The molecule has 0 amide bonds. The molecule has 14 heavy (non-hydrogen) atoms. The smallest absolute Gasteiger partial charge is 0.00205 e. The minimum absolute atomic E-state index is 0.762. The highest BCUT2D eigenvalue weighted by Crippen LogP contribution is 2.19. The molecule has 1 aliphatic rings. The predicted molar refractivity (Wildman–Crippen MR) is 65.5 cm³/mol. The molecule has 0 aromatic carbocycles. The lowest BCUT2D eigenvalue weighted by molar-refractivity contribution is 0.696. The van der Waals surface area contributed by atoms with Crippen LogP contribution < -0.4 is 5.32 Å². The summed E-state index contributed by atoms with van der Waals surface area (Å²) in [4.78, 5) is 0. The van der Waals surface area contributed by atoms with Crippen LogP contribution in [0.4, 0.5) is 0 Å². The van der Waals surface area contributed by atoms with Crippen molar-refractivity contribution in [3.05, 3.63) is 23.8 Å². The average Bonchev–Trinajstić information content (AvgIpc) is 2.76. The number of hydrogen-bond donors (Lipinski definition) is 1. The Labute approximate surface area is 89.3 Å². The van der Waals surface area contributed by atoms with Crippen LogP contribution in [0.1, 0.15) is 40.5 Å². The van der Waals surface area contributed by atoms with Crippen molar-refractivity contribution in [1.82, 2.24) is 5.32 Å². The molecule has 0 aromatic heterocycles. The molecule has 0 saturated carbocycles. The molecule has 1 atom stereocenters. The van der Waals surface area contributed by atoms with Crippen molar-refractivity contribution in [1.29, 1.82) is 0 Å². The zero-order valence-corrected chi connectivity index (χ0v) is 10.1. The van der Waals surface area contributed by atoms with Gasteiger partial charge in [0.1, 0.15) is 0 Å². The van der Waals surface area contributed by atoms with E-state index in [9.17, 15) is 0 Å². The minimum atomic E-state index is 0.762. The molecule has 0 bridgehead atoms. The molecule has 0 aliphatic carbocycles. The zero-order valence-electron chi connectivity index (χ0n) is 10.1. The third kappa shape index (κ3) is 4.61. The zero-order chi connectivity index (χ0) is 10.8. The van der Waals surface area contributed by atoms with Crippen LogP contribution >= 0.6 is 0 Å². The third-order valence-corrected chi connectivity index (χ3v) is 2.41. The van der Waals surface area contributed by atoms with Gasteiger partial charge in [-0.25, -0.2) is 0 Å². The molecule has 0 radical (unpaired) electrons. The largest absolute Gasteiger partial charge is 0.316 e. The summed E-state index contributed by atoms with van der Waals surface area (Å²) < 4.78 is 0. The maximum Gasteiger partial charge on any atom is 0.00205 e. The molecule has 1 rings (SSSR count). The fourth-order valence-electron chi connectivity index (χ4n) is 1.66. The first-order chi connectivity index (χ1) is 6.88. The molecule has 1 nitrogen and oxygen atoms in total. The Kier molecular flexibility index (Phi) is 8.65. The van der Waals surface area contributed by atoms with Crippen molar-refractivity contribution in [3.8, 4) is 0 Å². The number of rotatable bonds is 3. The molecule has 82 valence electrons. The fourth-order valence-corrected chi connectivity index (χ4v) is 1.66. The summed E-state index contributed by atoms with van der Waals surface area (Å²) in [6.45, 7) is 10.7. The third-order valence-electron chi connectivity index (χ3n) is 2.41. The van der Waals surface area contributed by atoms with Gasteiger partial charge in [0.15, 0.2) is 0 Å². The van der Waals surface area contributed by atoms with Crippen molar-refractivity contribution in [2.75, 3.05) is 13.1 Å². The van der Waals surface area contributed by atoms with Gasteiger partial charge >= 0.3 is 0 Å². The molecule has 1 aliphatic heterocycles. The van der Waals surface area contributed by atoms with Gasteiger partial charge in [0.2, 0.25) is 0 Å². The summed E-state index contributed by atoms with van der Waals surface area (Å²) in [5, 5.41) is 3.39. The Hall–Kier alpha value is -0.560. The van der Waals surface area contributed by atoms with Crippen LogP contribution in [-0.2, 0) is 0 Å². The lowest BCUT2D eigenvalue weighted by atomic mass is 9.97. The van der Waals surface area contributed by atoms with Crippen LogP contribution in [0.2, 0.25) is 0 Å². The standard InChI is InChI=1S/C11H19N.C2H6/c1-3-5-6-10(4-2)11-7-8-12-9-11;1-2/h4-6,11-12H,3,7-9H2,1-2H3;1-2H3/b6-5-,10-4+;. The second-order valence-corrected chi connectivity index (χ2v) is 3.29. The average molecular weight is 195 g/mol. The van der Waals surface area contributed by atoms with E-state index in [4.69, 9.17) is 0 Å². The highest BCUT2D eigenvalue weighted by Gasteiger charge is 2.15. The van der Waals surface area contributed by atoms with E-state index in [1.165, 1.54) is 18.5 Å². The van der Waals surface area contributed by atoms with Gasteiger partial charge in [0, 0.05) is 6.54 Å². The van der Waals surface area contributed by atoms with Gasteiger partial charge in [-0.15, -0.1) is 0 Å². The Morgan fingerprint density at radius 1 is 1.43 bits per heavy atom. The number of nitrogens with one attached hydrogen (secondary N) is 1. The van der Waals surface area contributed by atoms with E-state index in [2.05, 4.69) is 37.4 Å². The second kappa shape index (κ2) is 9.01. The molecule has 1 saturated heterocycles. The predicted octanol–water partition coefficient (Wildman–Crippen LogP) is 3.53. The van der Waals surface area contributed by atoms with Gasteiger partial charge in [-0.3, -0.25) is 0 Å². The minimum Gasteiger partial charge on any atom is -0.316 e. The first-order valence-corrected chi connectivity index (χ1v) is 5.92. The monoisotopic (exact) mass is 195 g/mol. The highest BCUT2D eigenvalue weighted by atomic mass is 14.9. The lowest BCUT2D eigenvalue weighted by Gasteiger charge is -2.08. The first-order valence-electron chi connectivity index (χ1n) is 5.92. The summed E-state index contributed by atoms with van der Waals surface area (Å²) in [5.74, 6) is 0.762. The summed E-state index contributed by atoms with van der Waals surface area (Å²) in [7, 11) is 0. The molecule has 1 unspecified atom stereocenters. The van der Waals surface area contributed by atoms with Gasteiger partial charge in [-0.05, 0) is 37.8 Å². The van der Waals surface area contributed by atoms with Crippen molar-refractivity contribution < 1.29 is 0 Å². The van der Waals surface area contributed by atoms with Gasteiger partial charge in [-0.2, -0.15) is 0 Å². The van der Waals surface area contributed by atoms with Crippen LogP contribution in [0, 0.1) is 5.92 Å².